The van der Waals surface area contributed by atoms with Crippen molar-refractivity contribution in [2.45, 2.75) is 18.9 Å². The van der Waals surface area contributed by atoms with E-state index >= 15 is 0 Å². The number of benzene rings is 1. The first-order valence-electron chi connectivity index (χ1n) is 6.26. The Labute approximate surface area is 120 Å². The van der Waals surface area contributed by atoms with Crippen LogP contribution >= 0.6 is 27.7 Å². The van der Waals surface area contributed by atoms with Gasteiger partial charge in [-0.15, -0.1) is 0 Å². The summed E-state index contributed by atoms with van der Waals surface area (Å²) in [6.07, 6.45) is 2.46. The standard InChI is InChI=1S/C13H16BrNO2S/c14-10-7-12-13(17-4-3-16-12)8-11(10)15-9-1-5-18-6-2-9/h7-9,15H,1-6H2. The van der Waals surface area contributed by atoms with E-state index in [4.69, 9.17) is 9.47 Å². The zero-order valence-electron chi connectivity index (χ0n) is 10.1. The molecule has 0 bridgehead atoms. The van der Waals surface area contributed by atoms with Gasteiger partial charge in [0, 0.05) is 22.6 Å². The number of thioether (sulfide) groups is 1. The van der Waals surface area contributed by atoms with Crippen molar-refractivity contribution in [3.05, 3.63) is 16.6 Å². The lowest BCUT2D eigenvalue weighted by atomic mass is 10.1. The lowest BCUT2D eigenvalue weighted by molar-refractivity contribution is 0.171. The summed E-state index contributed by atoms with van der Waals surface area (Å²) < 4.78 is 12.2. The van der Waals surface area contributed by atoms with E-state index in [0.717, 1.165) is 21.7 Å². The Balaban J connectivity index is 1.78. The summed E-state index contributed by atoms with van der Waals surface area (Å²) >= 11 is 5.64. The molecule has 1 saturated heterocycles. The highest BCUT2D eigenvalue weighted by Crippen LogP contribution is 2.38. The SMILES string of the molecule is Brc1cc2c(cc1NC1CCSCC1)OCCO2. The van der Waals surface area contributed by atoms with Gasteiger partial charge in [-0.3, -0.25) is 0 Å². The van der Waals surface area contributed by atoms with Crippen LogP contribution in [0, 0.1) is 0 Å². The maximum Gasteiger partial charge on any atom is 0.163 e. The molecular weight excluding hydrogens is 314 g/mol. The second kappa shape index (κ2) is 5.61. The summed E-state index contributed by atoms with van der Waals surface area (Å²) in [5.74, 6) is 4.18. The fraction of sp³-hybridized carbons (Fsp3) is 0.538. The van der Waals surface area contributed by atoms with Crippen LogP contribution in [0.4, 0.5) is 5.69 Å². The van der Waals surface area contributed by atoms with Gasteiger partial charge < -0.3 is 14.8 Å². The summed E-state index contributed by atoms with van der Waals surface area (Å²) in [7, 11) is 0. The Hall–Kier alpha value is -0.550. The molecule has 2 aliphatic heterocycles. The van der Waals surface area contributed by atoms with Crippen molar-refractivity contribution in [2.75, 3.05) is 30.0 Å². The topological polar surface area (TPSA) is 30.5 Å². The third-order valence-corrected chi connectivity index (χ3v) is 4.92. The van der Waals surface area contributed by atoms with Crippen LogP contribution in [-0.2, 0) is 0 Å². The molecule has 1 aromatic carbocycles. The summed E-state index contributed by atoms with van der Waals surface area (Å²) in [5, 5.41) is 3.60. The predicted octanol–water partition coefficient (Wildman–Crippen LogP) is 3.53. The molecule has 5 heteroatoms. The molecule has 0 unspecified atom stereocenters. The van der Waals surface area contributed by atoms with Crippen LogP contribution in [0.2, 0.25) is 0 Å². The Morgan fingerprint density at radius 2 is 1.78 bits per heavy atom. The average Bonchev–Trinajstić information content (AvgIpc) is 2.41. The minimum Gasteiger partial charge on any atom is -0.486 e. The Kier molecular flexibility index (Phi) is 3.89. The highest BCUT2D eigenvalue weighted by Gasteiger charge is 2.18. The minimum atomic E-state index is 0.574. The molecule has 1 aromatic rings. The maximum absolute atomic E-state index is 5.62. The second-order valence-electron chi connectivity index (χ2n) is 4.51. The number of ether oxygens (including phenoxy) is 2. The van der Waals surface area contributed by atoms with Crippen molar-refractivity contribution in [3.8, 4) is 11.5 Å². The van der Waals surface area contributed by atoms with Crippen molar-refractivity contribution < 1.29 is 9.47 Å². The van der Waals surface area contributed by atoms with Crippen molar-refractivity contribution >= 4 is 33.4 Å². The molecule has 98 valence electrons. The number of halogens is 1. The van der Waals surface area contributed by atoms with E-state index in [0.29, 0.717) is 19.3 Å². The van der Waals surface area contributed by atoms with Gasteiger partial charge in [0.05, 0.1) is 5.69 Å². The van der Waals surface area contributed by atoms with Gasteiger partial charge in [-0.1, -0.05) is 0 Å². The number of hydrogen-bond donors (Lipinski definition) is 1. The fourth-order valence-corrected chi connectivity index (χ4v) is 3.78. The summed E-state index contributed by atoms with van der Waals surface area (Å²) in [6, 6.07) is 4.61. The summed E-state index contributed by atoms with van der Waals surface area (Å²) in [4.78, 5) is 0. The predicted molar refractivity (Wildman–Crippen MR) is 79.1 cm³/mol. The fourth-order valence-electron chi connectivity index (χ4n) is 2.24. The monoisotopic (exact) mass is 329 g/mol. The molecule has 2 aliphatic rings. The smallest absolute Gasteiger partial charge is 0.163 e. The number of fused-ring (bicyclic) bond motifs is 1. The van der Waals surface area contributed by atoms with E-state index < -0.39 is 0 Å². The van der Waals surface area contributed by atoms with Crippen LogP contribution < -0.4 is 14.8 Å². The first-order chi connectivity index (χ1) is 8.83. The molecule has 0 radical (unpaired) electrons. The highest BCUT2D eigenvalue weighted by molar-refractivity contribution is 9.10. The van der Waals surface area contributed by atoms with Crippen molar-refractivity contribution in [1.82, 2.24) is 0 Å². The zero-order valence-corrected chi connectivity index (χ0v) is 12.5. The number of hydrogen-bond acceptors (Lipinski definition) is 4. The molecule has 0 saturated carbocycles. The van der Waals surface area contributed by atoms with E-state index in [-0.39, 0.29) is 0 Å². The lowest BCUT2D eigenvalue weighted by Crippen LogP contribution is -2.25. The summed E-state index contributed by atoms with van der Waals surface area (Å²) in [6.45, 7) is 1.26. The molecule has 3 nitrogen and oxygen atoms in total. The molecule has 1 fully saturated rings. The molecule has 0 atom stereocenters. The van der Waals surface area contributed by atoms with Crippen molar-refractivity contribution in [1.29, 1.82) is 0 Å². The maximum atomic E-state index is 5.62. The minimum absolute atomic E-state index is 0.574. The molecule has 0 aromatic heterocycles. The quantitative estimate of drug-likeness (QED) is 0.899. The van der Waals surface area contributed by atoms with Crippen molar-refractivity contribution in [3.63, 3.8) is 0 Å². The van der Waals surface area contributed by atoms with Crippen molar-refractivity contribution in [2.24, 2.45) is 0 Å². The molecular formula is C13H16BrNO2S. The van der Waals surface area contributed by atoms with E-state index in [1.54, 1.807) is 0 Å². The zero-order chi connectivity index (χ0) is 12.4. The molecule has 0 spiro atoms. The van der Waals surface area contributed by atoms with Crippen LogP contribution in [0.15, 0.2) is 16.6 Å². The van der Waals surface area contributed by atoms with Gasteiger partial charge in [0.15, 0.2) is 11.5 Å². The van der Waals surface area contributed by atoms with Gasteiger partial charge >= 0.3 is 0 Å². The van der Waals surface area contributed by atoms with Crippen LogP contribution in [0.5, 0.6) is 11.5 Å². The molecule has 1 N–H and O–H groups in total. The van der Waals surface area contributed by atoms with Gasteiger partial charge in [-0.2, -0.15) is 11.8 Å². The third kappa shape index (κ3) is 2.72. The Morgan fingerprint density at radius 3 is 2.50 bits per heavy atom. The average molecular weight is 330 g/mol. The van der Waals surface area contributed by atoms with E-state index in [1.807, 2.05) is 23.9 Å². The first kappa shape index (κ1) is 12.5. The lowest BCUT2D eigenvalue weighted by Gasteiger charge is -2.26. The second-order valence-corrected chi connectivity index (χ2v) is 6.59. The molecule has 0 aliphatic carbocycles. The number of anilines is 1. The first-order valence-corrected chi connectivity index (χ1v) is 8.21. The van der Waals surface area contributed by atoms with Gasteiger partial charge in [-0.25, -0.2) is 0 Å². The third-order valence-electron chi connectivity index (χ3n) is 3.21. The molecule has 0 amide bonds. The van der Waals surface area contributed by atoms with E-state index in [2.05, 4.69) is 21.2 Å². The molecule has 3 rings (SSSR count). The molecule has 2 heterocycles. The normalized spacial score (nSPS) is 19.6. The van der Waals surface area contributed by atoms with E-state index in [1.165, 1.54) is 24.3 Å². The van der Waals surface area contributed by atoms with Gasteiger partial charge in [-0.05, 0) is 40.3 Å². The van der Waals surface area contributed by atoms with E-state index in [9.17, 15) is 0 Å². The van der Waals surface area contributed by atoms with Gasteiger partial charge in [0.2, 0.25) is 0 Å². The number of nitrogens with one attached hydrogen (secondary N) is 1. The van der Waals surface area contributed by atoms with Gasteiger partial charge in [0.1, 0.15) is 13.2 Å². The highest BCUT2D eigenvalue weighted by atomic mass is 79.9. The van der Waals surface area contributed by atoms with Crippen LogP contribution in [0.3, 0.4) is 0 Å². The van der Waals surface area contributed by atoms with Crippen LogP contribution in [-0.4, -0.2) is 30.8 Å². The van der Waals surface area contributed by atoms with Gasteiger partial charge in [0.25, 0.3) is 0 Å². The molecule has 18 heavy (non-hydrogen) atoms. The van der Waals surface area contributed by atoms with Crippen LogP contribution in [0.1, 0.15) is 12.8 Å². The Bertz CT molecular complexity index is 435. The van der Waals surface area contributed by atoms with Crippen LogP contribution in [0.25, 0.3) is 0 Å². The summed E-state index contributed by atoms with van der Waals surface area (Å²) in [5.41, 5.74) is 1.11. The Morgan fingerprint density at radius 1 is 1.11 bits per heavy atom. The number of rotatable bonds is 2. The largest absolute Gasteiger partial charge is 0.486 e.